The number of aryl methyl sites for hydroxylation is 1. The number of imidazole rings is 1. The fraction of sp³-hybridized carbons (Fsp3) is 0.300. The molecule has 3 aromatic rings. The number of ketones is 1. The van der Waals surface area contributed by atoms with Gasteiger partial charge in [0.05, 0.1) is 21.2 Å². The van der Waals surface area contributed by atoms with Crippen molar-refractivity contribution < 1.29 is 13.2 Å². The summed E-state index contributed by atoms with van der Waals surface area (Å²) in [6, 6.07) is 14.3. The SMILES string of the molecule is CCCCn1c(S[C@H](C(C)=O)c2ccccc2)nc2cc(S(N)(=O)=O)ccc21. The molecule has 1 heterocycles. The van der Waals surface area contributed by atoms with Crippen LogP contribution >= 0.6 is 11.8 Å². The highest BCUT2D eigenvalue weighted by molar-refractivity contribution is 8.00. The molecule has 6 nitrogen and oxygen atoms in total. The molecule has 0 aliphatic rings. The summed E-state index contributed by atoms with van der Waals surface area (Å²) in [4.78, 5) is 17.0. The number of fused-ring (bicyclic) bond motifs is 1. The molecule has 1 aromatic heterocycles. The largest absolute Gasteiger partial charge is 0.319 e. The fourth-order valence-corrected chi connectivity index (χ4v) is 4.68. The van der Waals surface area contributed by atoms with Crippen molar-refractivity contribution in [3.63, 3.8) is 0 Å². The van der Waals surface area contributed by atoms with E-state index in [1.165, 1.54) is 23.9 Å². The molecule has 28 heavy (non-hydrogen) atoms. The van der Waals surface area contributed by atoms with E-state index in [2.05, 4.69) is 16.5 Å². The third-order valence-corrected chi connectivity index (χ3v) is 6.72. The van der Waals surface area contributed by atoms with Gasteiger partial charge in [0.25, 0.3) is 0 Å². The van der Waals surface area contributed by atoms with E-state index in [0.717, 1.165) is 30.5 Å². The summed E-state index contributed by atoms with van der Waals surface area (Å²) in [5, 5.41) is 5.57. The molecule has 1 atom stereocenters. The Labute approximate surface area is 169 Å². The Kier molecular flexibility index (Phi) is 6.22. The Morgan fingerprint density at radius 3 is 2.54 bits per heavy atom. The van der Waals surface area contributed by atoms with E-state index in [4.69, 9.17) is 5.14 Å². The van der Waals surface area contributed by atoms with Crippen LogP contribution in [0.1, 0.15) is 37.5 Å². The topological polar surface area (TPSA) is 95.0 Å². The van der Waals surface area contributed by atoms with E-state index in [1.807, 2.05) is 30.3 Å². The summed E-state index contributed by atoms with van der Waals surface area (Å²) in [5.74, 6) is 0.0375. The normalized spacial score (nSPS) is 13.0. The quantitative estimate of drug-likeness (QED) is 0.561. The zero-order chi connectivity index (χ0) is 20.3. The Morgan fingerprint density at radius 2 is 1.93 bits per heavy atom. The smallest absolute Gasteiger partial charge is 0.238 e. The summed E-state index contributed by atoms with van der Waals surface area (Å²) >= 11 is 1.39. The lowest BCUT2D eigenvalue weighted by molar-refractivity contribution is -0.116. The zero-order valence-corrected chi connectivity index (χ0v) is 17.5. The summed E-state index contributed by atoms with van der Waals surface area (Å²) in [7, 11) is -3.80. The van der Waals surface area contributed by atoms with Crippen molar-refractivity contribution in [1.29, 1.82) is 0 Å². The Morgan fingerprint density at radius 1 is 1.21 bits per heavy atom. The lowest BCUT2D eigenvalue weighted by Gasteiger charge is -2.15. The van der Waals surface area contributed by atoms with Gasteiger partial charge in [-0.1, -0.05) is 55.4 Å². The molecule has 2 aromatic carbocycles. The predicted octanol–water partition coefficient (Wildman–Crippen LogP) is 3.91. The van der Waals surface area contributed by atoms with Crippen LogP contribution in [0.4, 0.5) is 0 Å². The van der Waals surface area contributed by atoms with Crippen LogP contribution in [0.2, 0.25) is 0 Å². The molecule has 0 saturated heterocycles. The van der Waals surface area contributed by atoms with Gasteiger partial charge in [0.1, 0.15) is 5.78 Å². The molecule has 0 spiro atoms. The molecule has 8 heteroatoms. The van der Waals surface area contributed by atoms with Crippen LogP contribution in [0.15, 0.2) is 58.6 Å². The second kappa shape index (κ2) is 8.46. The maximum Gasteiger partial charge on any atom is 0.238 e. The van der Waals surface area contributed by atoms with E-state index in [9.17, 15) is 13.2 Å². The van der Waals surface area contributed by atoms with Gasteiger partial charge in [0, 0.05) is 6.54 Å². The molecule has 0 amide bonds. The van der Waals surface area contributed by atoms with Gasteiger partial charge in [-0.15, -0.1) is 0 Å². The monoisotopic (exact) mass is 417 g/mol. The van der Waals surface area contributed by atoms with Gasteiger partial charge < -0.3 is 4.57 Å². The number of hydrogen-bond donors (Lipinski definition) is 1. The van der Waals surface area contributed by atoms with Gasteiger partial charge in [-0.2, -0.15) is 0 Å². The van der Waals surface area contributed by atoms with Crippen LogP contribution in [0.3, 0.4) is 0 Å². The summed E-state index contributed by atoms with van der Waals surface area (Å²) in [6.07, 6.45) is 1.96. The van der Waals surface area contributed by atoms with E-state index >= 15 is 0 Å². The minimum Gasteiger partial charge on any atom is -0.319 e. The molecular weight excluding hydrogens is 394 g/mol. The zero-order valence-electron chi connectivity index (χ0n) is 15.8. The number of nitrogens with zero attached hydrogens (tertiary/aromatic N) is 2. The number of nitrogens with two attached hydrogens (primary N) is 1. The van der Waals surface area contributed by atoms with Crippen molar-refractivity contribution in [2.24, 2.45) is 5.14 Å². The van der Waals surface area contributed by atoms with E-state index in [0.29, 0.717) is 10.7 Å². The molecule has 2 N–H and O–H groups in total. The number of aromatic nitrogens is 2. The van der Waals surface area contributed by atoms with E-state index in [-0.39, 0.29) is 15.9 Å². The number of unbranched alkanes of at least 4 members (excludes halogenated alkanes) is 1. The molecule has 0 fully saturated rings. The van der Waals surface area contributed by atoms with Crippen molar-refractivity contribution in [3.8, 4) is 0 Å². The minimum atomic E-state index is -3.80. The van der Waals surface area contributed by atoms with Gasteiger partial charge in [-0.25, -0.2) is 18.5 Å². The molecular formula is C20H23N3O3S2. The first-order valence-corrected chi connectivity index (χ1v) is 11.5. The number of carbonyl (C=O) groups is 1. The highest BCUT2D eigenvalue weighted by Crippen LogP contribution is 2.37. The molecule has 0 saturated carbocycles. The van der Waals surface area contributed by atoms with Gasteiger partial charge in [0.15, 0.2) is 5.16 Å². The van der Waals surface area contributed by atoms with E-state index < -0.39 is 10.0 Å². The van der Waals surface area contributed by atoms with Crippen LogP contribution < -0.4 is 5.14 Å². The van der Waals surface area contributed by atoms with Crippen LogP contribution in [0.25, 0.3) is 11.0 Å². The molecule has 3 rings (SSSR count). The number of benzene rings is 2. The van der Waals surface area contributed by atoms with E-state index in [1.54, 1.807) is 13.0 Å². The average Bonchev–Trinajstić information content (AvgIpc) is 3.00. The number of rotatable bonds is 8. The standard InChI is InChI=1S/C20H23N3O3S2/c1-3-4-12-23-18-11-10-16(28(21,25)26)13-17(18)22-20(23)27-19(14(2)24)15-8-6-5-7-9-15/h5-11,13,19H,3-4,12H2,1-2H3,(H2,21,25,26)/t19-/m1/s1. The summed E-state index contributed by atoms with van der Waals surface area (Å²) in [5.41, 5.74) is 2.30. The highest BCUT2D eigenvalue weighted by Gasteiger charge is 2.23. The van der Waals surface area contributed by atoms with Crippen LogP contribution in [-0.4, -0.2) is 23.8 Å². The molecule has 0 bridgehead atoms. The van der Waals surface area contributed by atoms with Crippen molar-refractivity contribution in [2.45, 2.75) is 48.5 Å². The average molecular weight is 418 g/mol. The molecule has 0 unspecified atom stereocenters. The Bertz CT molecular complexity index is 1090. The third kappa shape index (κ3) is 4.45. The number of primary sulfonamides is 1. The lowest BCUT2D eigenvalue weighted by Crippen LogP contribution is -2.11. The number of sulfonamides is 1. The summed E-state index contributed by atoms with van der Waals surface area (Å²) < 4.78 is 25.4. The Hall–Kier alpha value is -2.16. The first-order chi connectivity index (χ1) is 13.3. The van der Waals surface area contributed by atoms with Gasteiger partial charge in [-0.3, -0.25) is 4.79 Å². The van der Waals surface area contributed by atoms with Crippen molar-refractivity contribution >= 4 is 38.6 Å². The van der Waals surface area contributed by atoms with Crippen molar-refractivity contribution in [1.82, 2.24) is 9.55 Å². The van der Waals surface area contributed by atoms with Crippen LogP contribution in [0, 0.1) is 0 Å². The first kappa shape index (κ1) is 20.6. The second-order valence-electron chi connectivity index (χ2n) is 6.61. The molecule has 0 aliphatic carbocycles. The molecule has 0 radical (unpaired) electrons. The number of Topliss-reactive ketones (excluding diaryl/α,β-unsaturated/α-hetero) is 1. The van der Waals surface area contributed by atoms with Crippen LogP contribution in [-0.2, 0) is 21.4 Å². The minimum absolute atomic E-state index is 0.0304. The Balaban J connectivity index is 2.08. The van der Waals surface area contributed by atoms with Crippen molar-refractivity contribution in [3.05, 3.63) is 54.1 Å². The molecule has 148 valence electrons. The maximum absolute atomic E-state index is 12.3. The number of carbonyl (C=O) groups excluding carboxylic acids is 1. The van der Waals surface area contributed by atoms with Crippen LogP contribution in [0.5, 0.6) is 0 Å². The highest BCUT2D eigenvalue weighted by atomic mass is 32.2. The lowest BCUT2D eigenvalue weighted by atomic mass is 10.1. The molecule has 0 aliphatic heterocycles. The second-order valence-corrected chi connectivity index (χ2v) is 9.25. The maximum atomic E-state index is 12.3. The van der Waals surface area contributed by atoms with Gasteiger partial charge in [-0.05, 0) is 37.1 Å². The first-order valence-electron chi connectivity index (χ1n) is 9.06. The fourth-order valence-electron chi connectivity index (χ4n) is 3.01. The third-order valence-electron chi connectivity index (χ3n) is 4.44. The van der Waals surface area contributed by atoms with Gasteiger partial charge in [0.2, 0.25) is 10.0 Å². The number of hydrogen-bond acceptors (Lipinski definition) is 5. The van der Waals surface area contributed by atoms with Crippen molar-refractivity contribution in [2.75, 3.05) is 0 Å². The predicted molar refractivity (Wildman–Crippen MR) is 112 cm³/mol. The van der Waals surface area contributed by atoms with Gasteiger partial charge >= 0.3 is 0 Å². The number of thioether (sulfide) groups is 1. The summed E-state index contributed by atoms with van der Waals surface area (Å²) in [6.45, 7) is 4.42.